The maximum absolute atomic E-state index is 13.4. The molecule has 0 saturated heterocycles. The first kappa shape index (κ1) is 24.3. The van der Waals surface area contributed by atoms with Crippen LogP contribution < -0.4 is 10.2 Å². The monoisotopic (exact) mass is 463 g/mol. The fraction of sp³-hybridized carbons (Fsp3) is 0.259. The van der Waals surface area contributed by atoms with Crippen molar-refractivity contribution in [1.82, 2.24) is 4.90 Å². The quantitative estimate of drug-likeness (QED) is 0.462. The third-order valence-electron chi connectivity index (χ3n) is 5.50. The fourth-order valence-electron chi connectivity index (χ4n) is 3.65. The zero-order chi connectivity index (χ0) is 23.8. The van der Waals surface area contributed by atoms with Gasteiger partial charge < -0.3 is 15.1 Å². The van der Waals surface area contributed by atoms with Gasteiger partial charge in [0.25, 0.3) is 0 Å². The summed E-state index contributed by atoms with van der Waals surface area (Å²) in [4.78, 5) is 30.3. The third kappa shape index (κ3) is 6.83. The van der Waals surface area contributed by atoms with Gasteiger partial charge in [-0.1, -0.05) is 61.0 Å². The molecule has 0 heterocycles. The lowest BCUT2D eigenvalue weighted by Gasteiger charge is -2.31. The number of rotatable bonds is 9. The molecule has 0 saturated carbocycles. The van der Waals surface area contributed by atoms with Crippen LogP contribution in [0.15, 0.2) is 78.9 Å². The van der Waals surface area contributed by atoms with Crippen molar-refractivity contribution in [2.75, 3.05) is 24.3 Å². The summed E-state index contributed by atoms with van der Waals surface area (Å²) in [6, 6.07) is 24.0. The van der Waals surface area contributed by atoms with Crippen molar-refractivity contribution >= 4 is 34.8 Å². The molecule has 33 heavy (non-hydrogen) atoms. The van der Waals surface area contributed by atoms with E-state index in [9.17, 15) is 9.59 Å². The van der Waals surface area contributed by atoms with Crippen molar-refractivity contribution < 1.29 is 9.59 Å². The number of nitrogens with zero attached hydrogens (tertiary/aromatic N) is 2. The molecule has 1 unspecified atom stereocenters. The number of carbonyl (C=O) groups excluding carboxylic acids is 2. The van der Waals surface area contributed by atoms with Gasteiger partial charge in [-0.05, 0) is 53.9 Å². The predicted octanol–water partition coefficient (Wildman–Crippen LogP) is 5.39. The fourth-order valence-corrected chi connectivity index (χ4v) is 3.77. The minimum absolute atomic E-state index is 0.0962. The molecule has 1 atom stereocenters. The van der Waals surface area contributed by atoms with E-state index in [0.29, 0.717) is 23.7 Å². The number of carbonyl (C=O) groups is 2. The molecule has 0 fully saturated rings. The van der Waals surface area contributed by atoms with E-state index in [0.717, 1.165) is 16.8 Å². The van der Waals surface area contributed by atoms with E-state index < -0.39 is 6.04 Å². The van der Waals surface area contributed by atoms with Crippen LogP contribution >= 0.6 is 11.6 Å². The van der Waals surface area contributed by atoms with E-state index >= 15 is 0 Å². The van der Waals surface area contributed by atoms with Crippen molar-refractivity contribution in [3.05, 3.63) is 95.0 Å². The first-order valence-corrected chi connectivity index (χ1v) is 11.4. The van der Waals surface area contributed by atoms with E-state index in [4.69, 9.17) is 11.6 Å². The van der Waals surface area contributed by atoms with Crippen LogP contribution in [0, 0.1) is 0 Å². The molecule has 6 heteroatoms. The second-order valence-corrected chi connectivity index (χ2v) is 8.60. The van der Waals surface area contributed by atoms with Gasteiger partial charge in [-0.2, -0.15) is 0 Å². The zero-order valence-corrected chi connectivity index (χ0v) is 20.0. The van der Waals surface area contributed by atoms with Crippen molar-refractivity contribution in [2.24, 2.45) is 0 Å². The van der Waals surface area contributed by atoms with E-state index in [1.54, 1.807) is 17.0 Å². The lowest BCUT2D eigenvalue weighted by atomic mass is 10.1. The second kappa shape index (κ2) is 11.5. The van der Waals surface area contributed by atoms with Crippen LogP contribution in [0.5, 0.6) is 0 Å². The highest BCUT2D eigenvalue weighted by Gasteiger charge is 2.28. The molecule has 0 aliphatic heterocycles. The highest BCUT2D eigenvalue weighted by molar-refractivity contribution is 6.30. The van der Waals surface area contributed by atoms with Gasteiger partial charge >= 0.3 is 0 Å². The van der Waals surface area contributed by atoms with E-state index in [1.807, 2.05) is 92.6 Å². The van der Waals surface area contributed by atoms with Gasteiger partial charge in [0.2, 0.25) is 11.8 Å². The van der Waals surface area contributed by atoms with Crippen LogP contribution in [-0.2, 0) is 22.6 Å². The normalized spacial score (nSPS) is 11.5. The summed E-state index contributed by atoms with van der Waals surface area (Å²) < 4.78 is 0. The molecule has 0 aliphatic carbocycles. The lowest BCUT2D eigenvalue weighted by molar-refractivity contribution is -0.139. The van der Waals surface area contributed by atoms with Crippen LogP contribution in [-0.4, -0.2) is 36.9 Å². The summed E-state index contributed by atoms with van der Waals surface area (Å²) >= 11 is 6.03. The molecule has 1 N–H and O–H groups in total. The molecular weight excluding hydrogens is 434 g/mol. The Bertz CT molecular complexity index is 1050. The lowest BCUT2D eigenvalue weighted by Crippen LogP contribution is -2.47. The van der Waals surface area contributed by atoms with Gasteiger partial charge in [-0.3, -0.25) is 9.59 Å². The SMILES string of the molecule is CCC(C(=O)Nc1ccc(N(C)C)cc1)N(Cc1ccc(Cl)cc1)C(=O)Cc1ccccc1. The van der Waals surface area contributed by atoms with Gasteiger partial charge in [0, 0.05) is 37.0 Å². The Morgan fingerprint density at radius 3 is 2.09 bits per heavy atom. The maximum Gasteiger partial charge on any atom is 0.247 e. The Labute approximate surface area is 201 Å². The van der Waals surface area contributed by atoms with Crippen LogP contribution in [0.2, 0.25) is 5.02 Å². The summed E-state index contributed by atoms with van der Waals surface area (Å²) in [6.45, 7) is 2.25. The number of anilines is 2. The summed E-state index contributed by atoms with van der Waals surface area (Å²) in [5.41, 5.74) is 3.58. The van der Waals surface area contributed by atoms with E-state index in [2.05, 4.69) is 5.32 Å². The first-order valence-electron chi connectivity index (χ1n) is 11.0. The Kier molecular flexibility index (Phi) is 8.50. The maximum atomic E-state index is 13.4. The van der Waals surface area contributed by atoms with Gasteiger partial charge in [0.1, 0.15) is 6.04 Å². The largest absolute Gasteiger partial charge is 0.378 e. The predicted molar refractivity (Wildman–Crippen MR) is 136 cm³/mol. The Morgan fingerprint density at radius 1 is 0.879 bits per heavy atom. The average Bonchev–Trinajstić information content (AvgIpc) is 2.81. The highest BCUT2D eigenvalue weighted by Crippen LogP contribution is 2.20. The van der Waals surface area contributed by atoms with Crippen LogP contribution in [0.25, 0.3) is 0 Å². The summed E-state index contributed by atoms with van der Waals surface area (Å²) in [6.07, 6.45) is 0.728. The third-order valence-corrected chi connectivity index (χ3v) is 5.75. The standard InChI is InChI=1S/C27H30ClN3O2/c1-4-25(27(33)29-23-14-16-24(17-15-23)30(2)3)31(19-21-10-12-22(28)13-11-21)26(32)18-20-8-6-5-7-9-20/h5-17,25H,4,18-19H2,1-3H3,(H,29,33). The van der Waals surface area contributed by atoms with Crippen LogP contribution in [0.4, 0.5) is 11.4 Å². The molecule has 0 aromatic heterocycles. The molecule has 3 rings (SSSR count). The summed E-state index contributed by atoms with van der Waals surface area (Å²) in [5, 5.41) is 3.61. The van der Waals surface area contributed by atoms with Crippen molar-refractivity contribution in [2.45, 2.75) is 32.4 Å². The number of benzene rings is 3. The minimum atomic E-state index is -0.606. The topological polar surface area (TPSA) is 52.7 Å². The first-order chi connectivity index (χ1) is 15.9. The highest BCUT2D eigenvalue weighted by atomic mass is 35.5. The molecule has 3 aromatic rings. The molecule has 172 valence electrons. The van der Waals surface area contributed by atoms with Gasteiger partial charge in [-0.25, -0.2) is 0 Å². The summed E-state index contributed by atoms with van der Waals surface area (Å²) in [7, 11) is 3.93. The molecular formula is C27H30ClN3O2. The number of nitrogens with one attached hydrogen (secondary N) is 1. The Hall–Kier alpha value is -3.31. The van der Waals surface area contributed by atoms with Gasteiger partial charge in [0.15, 0.2) is 0 Å². The zero-order valence-electron chi connectivity index (χ0n) is 19.3. The Morgan fingerprint density at radius 2 is 1.52 bits per heavy atom. The molecule has 0 spiro atoms. The van der Waals surface area contributed by atoms with Crippen LogP contribution in [0.1, 0.15) is 24.5 Å². The molecule has 0 radical (unpaired) electrons. The molecule has 3 aromatic carbocycles. The average molecular weight is 464 g/mol. The summed E-state index contributed by atoms with van der Waals surface area (Å²) in [5.74, 6) is -0.299. The van der Waals surface area contributed by atoms with Crippen LogP contribution in [0.3, 0.4) is 0 Å². The van der Waals surface area contributed by atoms with E-state index in [1.165, 1.54) is 0 Å². The number of hydrogen-bond acceptors (Lipinski definition) is 3. The smallest absolute Gasteiger partial charge is 0.247 e. The van der Waals surface area contributed by atoms with Gasteiger partial charge in [-0.15, -0.1) is 0 Å². The molecule has 5 nitrogen and oxygen atoms in total. The number of halogens is 1. The Balaban J connectivity index is 1.82. The minimum Gasteiger partial charge on any atom is -0.378 e. The molecule has 2 amide bonds. The molecule has 0 aliphatic rings. The van der Waals surface area contributed by atoms with Gasteiger partial charge in [0.05, 0.1) is 6.42 Å². The second-order valence-electron chi connectivity index (χ2n) is 8.17. The van der Waals surface area contributed by atoms with Crippen molar-refractivity contribution in [3.8, 4) is 0 Å². The van der Waals surface area contributed by atoms with Crippen molar-refractivity contribution in [3.63, 3.8) is 0 Å². The number of amides is 2. The van der Waals surface area contributed by atoms with E-state index in [-0.39, 0.29) is 18.2 Å². The van der Waals surface area contributed by atoms with Crippen molar-refractivity contribution in [1.29, 1.82) is 0 Å². The molecule has 0 bridgehead atoms. The number of hydrogen-bond donors (Lipinski definition) is 1.